The van der Waals surface area contributed by atoms with Crippen molar-refractivity contribution in [3.05, 3.63) is 89.1 Å². The highest BCUT2D eigenvalue weighted by molar-refractivity contribution is 5.88. The first-order valence-corrected chi connectivity index (χ1v) is 18.7. The number of nitrogens with zero attached hydrogens (tertiary/aromatic N) is 4. The third kappa shape index (κ3) is 11.5. The molecule has 54 heavy (non-hydrogen) atoms. The molecule has 5 N–H and O–H groups in total. The molecule has 1 aliphatic rings. The number of aromatic nitrogens is 1. The van der Waals surface area contributed by atoms with Crippen molar-refractivity contribution in [2.24, 2.45) is 11.3 Å². The van der Waals surface area contributed by atoms with E-state index in [1.54, 1.807) is 36.6 Å². The number of hydrogen-bond acceptors (Lipinski definition) is 8. The van der Waals surface area contributed by atoms with Crippen molar-refractivity contribution in [2.45, 2.75) is 105 Å². The van der Waals surface area contributed by atoms with E-state index in [9.17, 15) is 29.4 Å². The van der Waals surface area contributed by atoms with E-state index in [4.69, 9.17) is 4.42 Å². The molecular formula is C40H57N7O7. The lowest BCUT2D eigenvalue weighted by Crippen LogP contribution is -2.60. The summed E-state index contributed by atoms with van der Waals surface area (Å²) in [5.74, 6) is 0.0708. The average Bonchev–Trinajstić information content (AvgIpc) is 3.72. The Balaban J connectivity index is 1.60. The van der Waals surface area contributed by atoms with E-state index in [0.29, 0.717) is 38.2 Å². The van der Waals surface area contributed by atoms with Crippen LogP contribution in [0.25, 0.3) is 0 Å². The van der Waals surface area contributed by atoms with Gasteiger partial charge in [0.2, 0.25) is 5.91 Å². The monoisotopic (exact) mass is 747 g/mol. The summed E-state index contributed by atoms with van der Waals surface area (Å²) in [5, 5.41) is 28.3. The van der Waals surface area contributed by atoms with Crippen LogP contribution in [0.2, 0.25) is 0 Å². The number of hydrogen-bond donors (Lipinski definition) is 5. The Morgan fingerprint density at radius 3 is 2.28 bits per heavy atom. The van der Waals surface area contributed by atoms with Gasteiger partial charge in [0, 0.05) is 31.7 Å². The quantitative estimate of drug-likeness (QED) is 0.117. The molecule has 3 aromatic rings. The van der Waals surface area contributed by atoms with Gasteiger partial charge >= 0.3 is 12.1 Å². The van der Waals surface area contributed by atoms with Crippen LogP contribution < -0.4 is 16.1 Å². The number of aryl methyl sites for hydroxylation is 2. The first kappa shape index (κ1) is 41.8. The van der Waals surface area contributed by atoms with Crippen molar-refractivity contribution >= 4 is 23.9 Å². The molecule has 5 atom stereocenters. The SMILES string of the molecule is CCc1ccc(CN(C[C@H](O)[C@H](Cc2ccccc2)NC(=O)[C@H]([C@@H](C)CC)N2CCN(Cc3cccc(C)n3)C2=O)NC(=O)[C@@H](NC(=O)O)C(C)(C)C)o1. The fourth-order valence-electron chi connectivity index (χ4n) is 6.65. The van der Waals surface area contributed by atoms with E-state index in [1.807, 2.05) is 82.3 Å². The second-order valence-corrected chi connectivity index (χ2v) is 15.2. The molecule has 14 nitrogen and oxygen atoms in total. The van der Waals surface area contributed by atoms with Crippen LogP contribution in [0.3, 0.4) is 0 Å². The Kier molecular flexibility index (Phi) is 14.6. The summed E-state index contributed by atoms with van der Waals surface area (Å²) in [4.78, 5) is 61.3. The van der Waals surface area contributed by atoms with Crippen LogP contribution in [0, 0.1) is 18.3 Å². The summed E-state index contributed by atoms with van der Waals surface area (Å²) in [6, 6.07) is 15.7. The minimum Gasteiger partial charge on any atom is -0.465 e. The van der Waals surface area contributed by atoms with Crippen molar-refractivity contribution in [1.82, 2.24) is 35.9 Å². The lowest BCUT2D eigenvalue weighted by molar-refractivity contribution is -0.133. The first-order valence-electron chi connectivity index (χ1n) is 18.7. The minimum atomic E-state index is -1.34. The molecule has 1 aromatic carbocycles. The van der Waals surface area contributed by atoms with Crippen LogP contribution in [0.15, 0.2) is 65.1 Å². The largest absolute Gasteiger partial charge is 0.465 e. The molecule has 14 heteroatoms. The van der Waals surface area contributed by atoms with Crippen LogP contribution in [0.4, 0.5) is 9.59 Å². The zero-order chi connectivity index (χ0) is 39.6. The Hall–Kier alpha value is -4.95. The number of furan rings is 1. The summed E-state index contributed by atoms with van der Waals surface area (Å²) in [5.41, 5.74) is 4.52. The highest BCUT2D eigenvalue weighted by Gasteiger charge is 2.41. The van der Waals surface area contributed by atoms with Gasteiger partial charge < -0.3 is 35.1 Å². The molecule has 1 saturated heterocycles. The van der Waals surface area contributed by atoms with Gasteiger partial charge in [0.05, 0.1) is 30.9 Å². The predicted molar refractivity (Wildman–Crippen MR) is 204 cm³/mol. The number of hydrazine groups is 1. The molecule has 1 aliphatic heterocycles. The summed E-state index contributed by atoms with van der Waals surface area (Å²) >= 11 is 0. The van der Waals surface area contributed by atoms with Gasteiger partial charge in [0.15, 0.2) is 0 Å². The van der Waals surface area contributed by atoms with Crippen molar-refractivity contribution in [3.8, 4) is 0 Å². The van der Waals surface area contributed by atoms with E-state index < -0.39 is 41.6 Å². The Bertz CT molecular complexity index is 1710. The second kappa shape index (κ2) is 18.9. The molecular weight excluding hydrogens is 690 g/mol. The van der Waals surface area contributed by atoms with E-state index in [2.05, 4.69) is 21.0 Å². The minimum absolute atomic E-state index is 0.0577. The number of nitrogens with one attached hydrogen (secondary N) is 3. The Morgan fingerprint density at radius 1 is 0.963 bits per heavy atom. The van der Waals surface area contributed by atoms with Crippen molar-refractivity contribution in [3.63, 3.8) is 0 Å². The Labute approximate surface area is 318 Å². The first-order chi connectivity index (χ1) is 25.6. The van der Waals surface area contributed by atoms with E-state index >= 15 is 0 Å². The van der Waals surface area contributed by atoms with Gasteiger partial charge in [0.25, 0.3) is 5.91 Å². The van der Waals surface area contributed by atoms with Gasteiger partial charge in [-0.1, -0.05) is 84.4 Å². The fraction of sp³-hybridized carbons (Fsp3) is 0.525. The van der Waals surface area contributed by atoms with Gasteiger partial charge in [-0.05, 0) is 54.5 Å². The van der Waals surface area contributed by atoms with E-state index in [-0.39, 0.29) is 37.4 Å². The van der Waals surface area contributed by atoms with Crippen LogP contribution >= 0.6 is 0 Å². The average molecular weight is 748 g/mol. The maximum atomic E-state index is 14.4. The lowest BCUT2D eigenvalue weighted by Gasteiger charge is -2.35. The van der Waals surface area contributed by atoms with Crippen molar-refractivity contribution < 1.29 is 33.8 Å². The van der Waals surface area contributed by atoms with Gasteiger partial charge in [-0.2, -0.15) is 0 Å². The molecule has 5 amide bonds. The molecule has 0 spiro atoms. The standard InChI is InChI=1S/C40H57N7O7/c1-8-26(3)34(47-21-20-45(39(47)53)23-29-17-13-14-27(4)41-29)36(49)42-32(22-28-15-11-10-12-16-28)33(48)25-46(24-31-19-18-30(9-2)54-31)44-37(50)35(40(5,6)7)43-38(51)52/h10-19,26,32-35,43,48H,8-9,20-25H2,1-7H3,(H,42,49)(H,44,50)(H,51,52)/t26-,32-,33-,34-,35+/m0/s1. The number of rotatable bonds is 18. The van der Waals surface area contributed by atoms with Gasteiger partial charge in [-0.3, -0.25) is 20.0 Å². The number of aliphatic hydroxyl groups excluding tert-OH is 1. The van der Waals surface area contributed by atoms with E-state index in [0.717, 1.165) is 22.7 Å². The highest BCUT2D eigenvalue weighted by Crippen LogP contribution is 2.24. The third-order valence-electron chi connectivity index (χ3n) is 9.79. The van der Waals surface area contributed by atoms with Gasteiger partial charge in [-0.25, -0.2) is 14.6 Å². The Morgan fingerprint density at radius 2 is 1.67 bits per heavy atom. The molecule has 0 aliphatic carbocycles. The number of aliphatic hydroxyl groups is 1. The number of urea groups is 1. The van der Waals surface area contributed by atoms with Gasteiger partial charge in [-0.15, -0.1) is 0 Å². The summed E-state index contributed by atoms with van der Waals surface area (Å²) in [6.07, 6.45) is -1.02. The number of carboxylic acid groups (broad SMARTS) is 1. The molecule has 294 valence electrons. The maximum Gasteiger partial charge on any atom is 0.405 e. The van der Waals surface area contributed by atoms with Crippen LogP contribution in [-0.2, 0) is 35.5 Å². The summed E-state index contributed by atoms with van der Waals surface area (Å²) in [6.45, 7) is 14.0. The number of carbonyl (C=O) groups excluding carboxylic acids is 3. The maximum absolute atomic E-state index is 14.4. The van der Waals surface area contributed by atoms with Gasteiger partial charge in [0.1, 0.15) is 23.6 Å². The number of carbonyl (C=O) groups is 4. The smallest absolute Gasteiger partial charge is 0.405 e. The predicted octanol–water partition coefficient (Wildman–Crippen LogP) is 4.50. The zero-order valence-corrected chi connectivity index (χ0v) is 32.5. The van der Waals surface area contributed by atoms with Crippen LogP contribution in [0.5, 0.6) is 0 Å². The molecule has 4 rings (SSSR count). The molecule has 0 bridgehead atoms. The fourth-order valence-corrected chi connectivity index (χ4v) is 6.65. The van der Waals surface area contributed by atoms with E-state index in [1.165, 1.54) is 5.01 Å². The normalized spacial score (nSPS) is 16.1. The van der Waals surface area contributed by atoms with Crippen molar-refractivity contribution in [1.29, 1.82) is 0 Å². The number of pyridine rings is 1. The van der Waals surface area contributed by atoms with Crippen LogP contribution in [0.1, 0.15) is 76.4 Å². The van der Waals surface area contributed by atoms with Crippen molar-refractivity contribution in [2.75, 3.05) is 19.6 Å². The second-order valence-electron chi connectivity index (χ2n) is 15.2. The molecule has 2 aromatic heterocycles. The zero-order valence-electron chi connectivity index (χ0n) is 32.5. The summed E-state index contributed by atoms with van der Waals surface area (Å²) in [7, 11) is 0. The molecule has 0 radical (unpaired) electrons. The topological polar surface area (TPSA) is 181 Å². The van der Waals surface area contributed by atoms with Crippen LogP contribution in [-0.4, -0.2) is 97.8 Å². The molecule has 0 unspecified atom stereocenters. The number of benzene rings is 1. The molecule has 3 heterocycles. The third-order valence-corrected chi connectivity index (χ3v) is 9.79. The highest BCUT2D eigenvalue weighted by atomic mass is 16.4. The molecule has 0 saturated carbocycles. The lowest BCUT2D eigenvalue weighted by atomic mass is 9.86. The number of amides is 5. The molecule has 1 fully saturated rings. The summed E-state index contributed by atoms with van der Waals surface area (Å²) < 4.78 is 5.93.